The molecule has 0 bridgehead atoms. The number of hydrogen-bond acceptors (Lipinski definition) is 1. The number of nitrogens with one attached hydrogen (secondary N) is 1. The fourth-order valence-electron chi connectivity index (χ4n) is 2.20. The van der Waals surface area contributed by atoms with Gasteiger partial charge in [-0.05, 0) is 12.1 Å². The van der Waals surface area contributed by atoms with Crippen molar-refractivity contribution in [2.24, 2.45) is 0 Å². The lowest BCUT2D eigenvalue weighted by atomic mass is 10.0. The van der Waals surface area contributed by atoms with Gasteiger partial charge in [0.05, 0.1) is 17.8 Å². The average molecular weight is 218 g/mol. The minimum absolute atomic E-state index is 0.206. The third-order valence-corrected chi connectivity index (χ3v) is 3.03. The molecule has 3 rings (SSSR count). The summed E-state index contributed by atoms with van der Waals surface area (Å²) in [5.41, 5.74) is 3.66. The van der Waals surface area contributed by atoms with Crippen LogP contribution in [0, 0.1) is 5.82 Å². The third-order valence-electron chi connectivity index (χ3n) is 3.03. The summed E-state index contributed by atoms with van der Waals surface area (Å²) in [6.07, 6.45) is 0.983. The molecule has 0 unspecified atom stereocenters. The van der Waals surface area contributed by atoms with E-state index in [1.807, 2.05) is 6.07 Å². The molecule has 82 valence electrons. The van der Waals surface area contributed by atoms with Crippen LogP contribution in [0.3, 0.4) is 0 Å². The van der Waals surface area contributed by atoms with Gasteiger partial charge in [-0.25, -0.2) is 4.39 Å². The van der Waals surface area contributed by atoms with E-state index in [9.17, 15) is 4.39 Å². The molecule has 1 aromatic heterocycles. The Bertz CT molecular complexity index is 519. The number of benzene rings is 1. The van der Waals surface area contributed by atoms with Crippen molar-refractivity contribution in [3.05, 3.63) is 41.3 Å². The molecule has 3 nitrogen and oxygen atoms in total. The maximum absolute atomic E-state index is 13.7. The van der Waals surface area contributed by atoms with Crippen LogP contribution in [0.4, 0.5) is 4.39 Å². The molecule has 1 aliphatic rings. The number of H-pyrrole nitrogens is 1. The van der Waals surface area contributed by atoms with Crippen molar-refractivity contribution in [3.8, 4) is 11.3 Å². The summed E-state index contributed by atoms with van der Waals surface area (Å²) < 4.78 is 13.7. The molecule has 16 heavy (non-hydrogen) atoms. The van der Waals surface area contributed by atoms with E-state index in [2.05, 4.69) is 15.5 Å². The Morgan fingerprint density at radius 3 is 3.06 bits per heavy atom. The van der Waals surface area contributed by atoms with Crippen LogP contribution in [-0.4, -0.2) is 16.7 Å². The quantitative estimate of drug-likeness (QED) is 0.732. The number of aromatic amines is 1. The highest BCUT2D eigenvalue weighted by Crippen LogP contribution is 2.26. The summed E-state index contributed by atoms with van der Waals surface area (Å²) in [6.45, 7) is 1.96. The fourth-order valence-corrected chi connectivity index (χ4v) is 2.20. The van der Waals surface area contributed by atoms with Crippen LogP contribution >= 0.6 is 0 Å². The predicted octanol–water partition coefficient (Wildman–Crippen LogP) is 0.835. The van der Waals surface area contributed by atoms with Crippen molar-refractivity contribution in [1.29, 1.82) is 0 Å². The molecule has 2 aromatic rings. The van der Waals surface area contributed by atoms with Crippen LogP contribution in [0.15, 0.2) is 24.3 Å². The van der Waals surface area contributed by atoms with Gasteiger partial charge < -0.3 is 5.32 Å². The average Bonchev–Trinajstić information content (AvgIpc) is 2.74. The van der Waals surface area contributed by atoms with Gasteiger partial charge in [0.2, 0.25) is 0 Å². The van der Waals surface area contributed by atoms with Gasteiger partial charge in [-0.1, -0.05) is 12.1 Å². The first kappa shape index (κ1) is 9.54. The highest BCUT2D eigenvalue weighted by Gasteiger charge is 2.21. The molecule has 0 saturated carbocycles. The van der Waals surface area contributed by atoms with Crippen LogP contribution < -0.4 is 5.32 Å². The Kier molecular flexibility index (Phi) is 2.22. The summed E-state index contributed by atoms with van der Waals surface area (Å²) in [5.74, 6) is -0.206. The molecular formula is C12H13FN3+. The van der Waals surface area contributed by atoms with Crippen molar-refractivity contribution >= 4 is 0 Å². The number of aromatic nitrogens is 2. The van der Waals surface area contributed by atoms with Crippen molar-refractivity contribution in [3.63, 3.8) is 0 Å². The van der Waals surface area contributed by atoms with Crippen molar-refractivity contribution < 1.29 is 9.71 Å². The van der Waals surface area contributed by atoms with E-state index in [0.29, 0.717) is 5.56 Å². The zero-order chi connectivity index (χ0) is 11.0. The van der Waals surface area contributed by atoms with Crippen LogP contribution in [0.2, 0.25) is 0 Å². The molecule has 0 saturated heterocycles. The van der Waals surface area contributed by atoms with E-state index in [1.54, 1.807) is 12.1 Å². The van der Waals surface area contributed by atoms with Crippen LogP contribution in [0.25, 0.3) is 11.3 Å². The number of hydrogen-bond donors (Lipinski definition) is 2. The Balaban J connectivity index is 2.13. The van der Waals surface area contributed by atoms with Crippen LogP contribution in [0.1, 0.15) is 11.3 Å². The van der Waals surface area contributed by atoms with Gasteiger partial charge in [-0.3, -0.25) is 5.10 Å². The number of fused-ring (bicyclic) bond motifs is 1. The van der Waals surface area contributed by atoms with Crippen molar-refractivity contribution in [1.82, 2.24) is 10.2 Å². The molecule has 4 heteroatoms. The predicted molar refractivity (Wildman–Crippen MR) is 58.2 cm³/mol. The van der Waals surface area contributed by atoms with E-state index in [1.165, 1.54) is 6.07 Å². The molecule has 1 aliphatic heterocycles. The molecule has 0 amide bonds. The number of nitrogens with zero attached hydrogens (tertiary/aromatic N) is 1. The molecule has 0 radical (unpaired) electrons. The summed E-state index contributed by atoms with van der Waals surface area (Å²) >= 11 is 0. The number of nitrogens with two attached hydrogens (primary N) is 1. The maximum atomic E-state index is 13.7. The van der Waals surface area contributed by atoms with Gasteiger partial charge in [0, 0.05) is 12.0 Å². The second-order valence-electron chi connectivity index (χ2n) is 4.04. The summed E-state index contributed by atoms with van der Waals surface area (Å²) in [7, 11) is 0. The third kappa shape index (κ3) is 1.42. The van der Waals surface area contributed by atoms with E-state index >= 15 is 0 Å². The second-order valence-corrected chi connectivity index (χ2v) is 4.04. The second kappa shape index (κ2) is 3.72. The van der Waals surface area contributed by atoms with E-state index < -0.39 is 0 Å². The van der Waals surface area contributed by atoms with E-state index in [0.717, 1.165) is 36.5 Å². The minimum Gasteiger partial charge on any atom is -0.342 e. The molecule has 0 aliphatic carbocycles. The zero-order valence-electron chi connectivity index (χ0n) is 8.83. The van der Waals surface area contributed by atoms with Crippen LogP contribution in [-0.2, 0) is 13.0 Å². The lowest BCUT2D eigenvalue weighted by molar-refractivity contribution is -0.673. The lowest BCUT2D eigenvalue weighted by Gasteiger charge is -2.10. The Hall–Kier alpha value is -1.68. The van der Waals surface area contributed by atoms with Gasteiger partial charge >= 0.3 is 0 Å². The smallest absolute Gasteiger partial charge is 0.132 e. The van der Waals surface area contributed by atoms with E-state index in [4.69, 9.17) is 0 Å². The fraction of sp³-hybridized carbons (Fsp3) is 0.250. The monoisotopic (exact) mass is 218 g/mol. The Labute approximate surface area is 92.7 Å². The Morgan fingerprint density at radius 2 is 2.19 bits per heavy atom. The first-order valence-corrected chi connectivity index (χ1v) is 5.49. The molecular weight excluding hydrogens is 205 g/mol. The molecule has 0 fully saturated rings. The van der Waals surface area contributed by atoms with Gasteiger partial charge in [0.1, 0.15) is 18.1 Å². The SMILES string of the molecule is Fc1ccccc1-c1n[nH]c2c1C[NH2+]CC2. The first-order chi connectivity index (χ1) is 7.86. The zero-order valence-corrected chi connectivity index (χ0v) is 8.83. The van der Waals surface area contributed by atoms with E-state index in [-0.39, 0.29) is 5.82 Å². The Morgan fingerprint density at radius 1 is 1.31 bits per heavy atom. The molecule has 2 heterocycles. The first-order valence-electron chi connectivity index (χ1n) is 5.49. The summed E-state index contributed by atoms with van der Waals surface area (Å²) in [5, 5.41) is 9.48. The topological polar surface area (TPSA) is 45.3 Å². The minimum atomic E-state index is -0.206. The largest absolute Gasteiger partial charge is 0.342 e. The summed E-state index contributed by atoms with van der Waals surface area (Å²) in [6, 6.07) is 6.79. The van der Waals surface area contributed by atoms with Crippen LogP contribution in [0.5, 0.6) is 0 Å². The normalized spacial score (nSPS) is 14.8. The van der Waals surface area contributed by atoms with Crippen molar-refractivity contribution in [2.45, 2.75) is 13.0 Å². The maximum Gasteiger partial charge on any atom is 0.132 e. The highest BCUT2D eigenvalue weighted by atomic mass is 19.1. The number of halogens is 1. The highest BCUT2D eigenvalue weighted by molar-refractivity contribution is 5.64. The molecule has 0 spiro atoms. The number of quaternary nitrogens is 1. The van der Waals surface area contributed by atoms with Crippen molar-refractivity contribution in [2.75, 3.05) is 6.54 Å². The van der Waals surface area contributed by atoms with Gasteiger partial charge in [0.15, 0.2) is 0 Å². The summed E-state index contributed by atoms with van der Waals surface area (Å²) in [4.78, 5) is 0. The molecule has 1 aromatic carbocycles. The molecule has 3 N–H and O–H groups in total. The van der Waals surface area contributed by atoms with Gasteiger partial charge in [-0.15, -0.1) is 0 Å². The number of rotatable bonds is 1. The lowest BCUT2D eigenvalue weighted by Crippen LogP contribution is -2.84. The standard InChI is InChI=1S/C12H12FN3/c13-10-4-2-1-3-8(10)12-9-7-14-6-5-11(9)15-16-12/h1-4,14H,5-7H2,(H,15,16)/p+1. The molecule has 0 atom stereocenters. The van der Waals surface area contributed by atoms with Gasteiger partial charge in [-0.2, -0.15) is 5.10 Å². The van der Waals surface area contributed by atoms with Gasteiger partial charge in [0.25, 0.3) is 0 Å².